The number of amides is 2. The first kappa shape index (κ1) is 24.4. The van der Waals surface area contributed by atoms with Crippen LogP contribution in [0.4, 0.5) is 17.6 Å². The Kier molecular flexibility index (Phi) is 6.92. The number of rotatable bonds is 7. The Balaban J connectivity index is 1.66. The zero-order chi connectivity index (χ0) is 24.4. The molecule has 176 valence electrons. The van der Waals surface area contributed by atoms with Crippen molar-refractivity contribution in [1.29, 1.82) is 0 Å². The third-order valence-electron chi connectivity index (χ3n) is 5.07. The first-order valence-electron chi connectivity index (χ1n) is 9.68. The molecule has 1 aromatic heterocycles. The maximum Gasteiger partial charge on any atom is 0.471 e. The molecule has 1 aliphatic rings. The average molecular weight is 488 g/mol. The van der Waals surface area contributed by atoms with Crippen LogP contribution in [-0.2, 0) is 20.7 Å². The highest BCUT2D eigenvalue weighted by Crippen LogP contribution is 2.36. The molecule has 0 bridgehead atoms. The van der Waals surface area contributed by atoms with Crippen molar-refractivity contribution in [3.63, 3.8) is 0 Å². The minimum absolute atomic E-state index is 0.00938. The van der Waals surface area contributed by atoms with Gasteiger partial charge in [0, 0.05) is 24.7 Å². The highest BCUT2D eigenvalue weighted by atomic mass is 35.5. The SMILES string of the molecule is COC(=O)c1c(Cl)cccc1-c1cnc(CCNC(=O)C2(NC(=O)C(F)(F)F)CC2)c(F)c1. The zero-order valence-corrected chi connectivity index (χ0v) is 17.9. The average Bonchev–Trinajstić information content (AvgIpc) is 3.54. The molecular weight excluding hydrogens is 470 g/mol. The number of nitrogens with zero attached hydrogens (tertiary/aromatic N) is 1. The van der Waals surface area contributed by atoms with Crippen molar-refractivity contribution in [2.45, 2.75) is 31.0 Å². The molecule has 3 rings (SSSR count). The van der Waals surface area contributed by atoms with Gasteiger partial charge in [-0.2, -0.15) is 13.2 Å². The minimum Gasteiger partial charge on any atom is -0.465 e. The van der Waals surface area contributed by atoms with Gasteiger partial charge in [-0.25, -0.2) is 9.18 Å². The molecule has 2 amide bonds. The van der Waals surface area contributed by atoms with E-state index in [1.165, 1.54) is 19.4 Å². The van der Waals surface area contributed by atoms with Gasteiger partial charge in [0.25, 0.3) is 0 Å². The maximum absolute atomic E-state index is 14.6. The van der Waals surface area contributed by atoms with Crippen LogP contribution in [0.5, 0.6) is 0 Å². The molecule has 0 radical (unpaired) electrons. The number of hydrogen-bond acceptors (Lipinski definition) is 5. The number of hydrogen-bond donors (Lipinski definition) is 2. The number of alkyl halides is 3. The highest BCUT2D eigenvalue weighted by molar-refractivity contribution is 6.34. The molecule has 1 aliphatic carbocycles. The predicted molar refractivity (Wildman–Crippen MR) is 109 cm³/mol. The number of ether oxygens (including phenoxy) is 1. The van der Waals surface area contributed by atoms with Crippen molar-refractivity contribution in [1.82, 2.24) is 15.6 Å². The van der Waals surface area contributed by atoms with Gasteiger partial charge >= 0.3 is 18.1 Å². The lowest BCUT2D eigenvalue weighted by Gasteiger charge is -2.18. The molecule has 1 aromatic carbocycles. The molecule has 1 fully saturated rings. The van der Waals surface area contributed by atoms with Crippen LogP contribution in [0.15, 0.2) is 30.5 Å². The Morgan fingerprint density at radius 1 is 1.24 bits per heavy atom. The van der Waals surface area contributed by atoms with Crippen LogP contribution in [0.1, 0.15) is 28.9 Å². The Hall–Kier alpha value is -3.21. The van der Waals surface area contributed by atoms with Crippen LogP contribution in [0.25, 0.3) is 11.1 Å². The molecule has 0 aliphatic heterocycles. The topological polar surface area (TPSA) is 97.4 Å². The van der Waals surface area contributed by atoms with E-state index in [4.69, 9.17) is 16.3 Å². The summed E-state index contributed by atoms with van der Waals surface area (Å²) >= 11 is 6.08. The van der Waals surface area contributed by atoms with Crippen LogP contribution < -0.4 is 10.6 Å². The zero-order valence-electron chi connectivity index (χ0n) is 17.2. The summed E-state index contributed by atoms with van der Waals surface area (Å²) in [6, 6.07) is 5.77. The van der Waals surface area contributed by atoms with Gasteiger partial charge in [0.1, 0.15) is 11.4 Å². The monoisotopic (exact) mass is 487 g/mol. The number of carbonyl (C=O) groups excluding carboxylic acids is 3. The summed E-state index contributed by atoms with van der Waals surface area (Å²) in [5.74, 6) is -4.39. The van der Waals surface area contributed by atoms with Crippen LogP contribution >= 0.6 is 11.6 Å². The lowest BCUT2D eigenvalue weighted by molar-refractivity contribution is -0.175. The summed E-state index contributed by atoms with van der Waals surface area (Å²) in [4.78, 5) is 39.4. The summed E-state index contributed by atoms with van der Waals surface area (Å²) in [5.41, 5.74) is -0.964. The number of halogens is 5. The van der Waals surface area contributed by atoms with E-state index in [1.54, 1.807) is 17.4 Å². The van der Waals surface area contributed by atoms with Gasteiger partial charge in [-0.05, 0) is 30.5 Å². The first-order valence-corrected chi connectivity index (χ1v) is 10.1. The number of aromatic nitrogens is 1. The van der Waals surface area contributed by atoms with Crippen molar-refractivity contribution in [2.24, 2.45) is 0 Å². The number of nitrogens with one attached hydrogen (secondary N) is 2. The van der Waals surface area contributed by atoms with Crippen molar-refractivity contribution in [3.8, 4) is 11.1 Å². The number of carbonyl (C=O) groups is 3. The number of esters is 1. The molecular formula is C21H18ClF4N3O4. The minimum atomic E-state index is -5.10. The van der Waals surface area contributed by atoms with Gasteiger partial charge in [-0.1, -0.05) is 23.7 Å². The predicted octanol–water partition coefficient (Wildman–Crippen LogP) is 3.20. The fraction of sp³-hybridized carbons (Fsp3) is 0.333. The third kappa shape index (κ3) is 5.41. The van der Waals surface area contributed by atoms with E-state index in [1.807, 2.05) is 0 Å². The Morgan fingerprint density at radius 2 is 1.94 bits per heavy atom. The third-order valence-corrected chi connectivity index (χ3v) is 5.39. The molecule has 2 N–H and O–H groups in total. The van der Waals surface area contributed by atoms with E-state index in [2.05, 4.69) is 10.3 Å². The van der Waals surface area contributed by atoms with Crippen LogP contribution in [-0.4, -0.2) is 48.1 Å². The molecule has 0 saturated heterocycles. The van der Waals surface area contributed by atoms with E-state index in [9.17, 15) is 31.9 Å². The van der Waals surface area contributed by atoms with E-state index in [0.29, 0.717) is 5.56 Å². The van der Waals surface area contributed by atoms with Gasteiger partial charge < -0.3 is 15.4 Å². The summed E-state index contributed by atoms with van der Waals surface area (Å²) in [6.07, 6.45) is -3.68. The van der Waals surface area contributed by atoms with Gasteiger partial charge in [-0.3, -0.25) is 14.6 Å². The molecule has 2 aromatic rings. The van der Waals surface area contributed by atoms with Gasteiger partial charge in [0.2, 0.25) is 5.91 Å². The van der Waals surface area contributed by atoms with Gasteiger partial charge in [0.05, 0.1) is 23.4 Å². The fourth-order valence-corrected chi connectivity index (χ4v) is 3.41. The lowest BCUT2D eigenvalue weighted by Crippen LogP contribution is -2.52. The second-order valence-electron chi connectivity index (χ2n) is 7.35. The van der Waals surface area contributed by atoms with E-state index < -0.39 is 35.3 Å². The van der Waals surface area contributed by atoms with Crippen LogP contribution in [0.3, 0.4) is 0 Å². The molecule has 0 spiro atoms. The first-order chi connectivity index (χ1) is 15.5. The van der Waals surface area contributed by atoms with Crippen molar-refractivity contribution >= 4 is 29.4 Å². The Labute approximate surface area is 190 Å². The van der Waals surface area contributed by atoms with Crippen LogP contribution in [0.2, 0.25) is 5.02 Å². The summed E-state index contributed by atoms with van der Waals surface area (Å²) in [7, 11) is 1.19. The van der Waals surface area contributed by atoms with Gasteiger partial charge in [-0.15, -0.1) is 0 Å². The van der Waals surface area contributed by atoms with E-state index in [0.717, 1.165) is 6.07 Å². The second kappa shape index (κ2) is 9.34. The van der Waals surface area contributed by atoms with E-state index >= 15 is 0 Å². The number of pyridine rings is 1. The second-order valence-corrected chi connectivity index (χ2v) is 7.75. The number of methoxy groups -OCH3 is 1. The summed E-state index contributed by atoms with van der Waals surface area (Å²) in [6.45, 7) is -0.115. The molecule has 1 saturated carbocycles. The van der Waals surface area contributed by atoms with Crippen molar-refractivity contribution < 1.29 is 36.7 Å². The molecule has 12 heteroatoms. The standard InChI is InChI=1S/C21H18ClF4N3O4/c1-33-17(30)16-12(3-2-4-13(16)22)11-9-14(23)15(28-10-11)5-8-27-18(31)20(6-7-20)29-19(32)21(24,25)26/h2-4,9-10H,5-8H2,1H3,(H,27,31)(H,29,32). The molecule has 0 unspecified atom stereocenters. The Morgan fingerprint density at radius 3 is 2.52 bits per heavy atom. The quantitative estimate of drug-likeness (QED) is 0.462. The molecule has 7 nitrogen and oxygen atoms in total. The van der Waals surface area contributed by atoms with Crippen molar-refractivity contribution in [2.75, 3.05) is 13.7 Å². The molecule has 33 heavy (non-hydrogen) atoms. The van der Waals surface area contributed by atoms with Gasteiger partial charge in [0.15, 0.2) is 0 Å². The lowest BCUT2D eigenvalue weighted by atomic mass is 10.0. The van der Waals surface area contributed by atoms with Crippen molar-refractivity contribution in [3.05, 3.63) is 52.6 Å². The highest BCUT2D eigenvalue weighted by Gasteiger charge is 2.54. The smallest absolute Gasteiger partial charge is 0.465 e. The summed E-state index contributed by atoms with van der Waals surface area (Å²) in [5, 5.41) is 4.22. The molecule has 1 heterocycles. The van der Waals surface area contributed by atoms with Crippen LogP contribution in [0, 0.1) is 5.82 Å². The largest absolute Gasteiger partial charge is 0.471 e. The molecule has 0 atom stereocenters. The maximum atomic E-state index is 14.6. The summed E-state index contributed by atoms with van der Waals surface area (Å²) < 4.78 is 56.6. The van der Waals surface area contributed by atoms with E-state index in [-0.39, 0.29) is 47.7 Å². The Bertz CT molecular complexity index is 1100. The number of benzene rings is 1. The fourth-order valence-electron chi connectivity index (χ4n) is 3.16. The normalized spacial score (nSPS) is 14.4.